The monoisotopic (exact) mass is 376 g/mol. The van der Waals surface area contributed by atoms with E-state index in [2.05, 4.69) is 5.32 Å². The minimum atomic E-state index is -0.264. The highest BCUT2D eigenvalue weighted by Gasteiger charge is 2.19. The molecule has 0 aromatic heterocycles. The number of likely N-dealkylation sites (N-methyl/N-ethyl adjacent to an activating group) is 1. The molecule has 2 aromatic carbocycles. The van der Waals surface area contributed by atoms with E-state index in [0.717, 1.165) is 16.2 Å². The van der Waals surface area contributed by atoms with Crippen molar-refractivity contribution in [1.82, 2.24) is 10.2 Å². The topological polar surface area (TPSA) is 41.6 Å². The van der Waals surface area contributed by atoms with E-state index in [0.29, 0.717) is 6.54 Å². The minimum Gasteiger partial charge on any atom is -0.497 e. The van der Waals surface area contributed by atoms with Gasteiger partial charge in [-0.25, -0.2) is 4.39 Å². The summed E-state index contributed by atoms with van der Waals surface area (Å²) in [5.41, 5.74) is 0.965. The van der Waals surface area contributed by atoms with Crippen LogP contribution in [0, 0.1) is 5.82 Å². The second-order valence-corrected chi connectivity index (χ2v) is 7.63. The van der Waals surface area contributed by atoms with Crippen LogP contribution in [0.25, 0.3) is 0 Å². The summed E-state index contributed by atoms with van der Waals surface area (Å²) in [6.45, 7) is 2.35. The standard InChI is InChI=1S/C20H25FN2O2S/c1-14(26-18-11-9-17(25-4)10-12-18)20(24)22-13-19(23(2)3)15-5-7-16(21)8-6-15/h5-12,14,19H,13H2,1-4H3,(H,22,24). The van der Waals surface area contributed by atoms with Crippen molar-refractivity contribution in [2.75, 3.05) is 27.7 Å². The molecule has 0 fully saturated rings. The molecule has 2 rings (SSSR count). The first-order valence-corrected chi connectivity index (χ1v) is 9.29. The van der Waals surface area contributed by atoms with Gasteiger partial charge in [0.15, 0.2) is 0 Å². The van der Waals surface area contributed by atoms with E-state index in [4.69, 9.17) is 4.74 Å². The number of nitrogens with one attached hydrogen (secondary N) is 1. The molecule has 6 heteroatoms. The zero-order valence-electron chi connectivity index (χ0n) is 15.5. The minimum absolute atomic E-state index is 0.0160. The molecule has 2 unspecified atom stereocenters. The number of methoxy groups -OCH3 is 1. The van der Waals surface area contributed by atoms with Crippen LogP contribution in [0.5, 0.6) is 5.75 Å². The van der Waals surface area contributed by atoms with Gasteiger partial charge in [-0.1, -0.05) is 12.1 Å². The average Bonchev–Trinajstić information content (AvgIpc) is 2.63. The number of hydrogen-bond donors (Lipinski definition) is 1. The second kappa shape index (κ2) is 9.59. The van der Waals surface area contributed by atoms with Gasteiger partial charge < -0.3 is 15.0 Å². The smallest absolute Gasteiger partial charge is 0.233 e. The van der Waals surface area contributed by atoms with Crippen molar-refractivity contribution in [3.8, 4) is 5.75 Å². The van der Waals surface area contributed by atoms with Gasteiger partial charge in [0.05, 0.1) is 18.4 Å². The summed E-state index contributed by atoms with van der Waals surface area (Å²) in [6, 6.07) is 14.0. The molecule has 0 saturated carbocycles. The number of nitrogens with zero attached hydrogens (tertiary/aromatic N) is 1. The molecule has 2 aromatic rings. The van der Waals surface area contributed by atoms with Gasteiger partial charge in [0.2, 0.25) is 5.91 Å². The number of amides is 1. The summed E-state index contributed by atoms with van der Waals surface area (Å²) in [5.74, 6) is 0.499. The summed E-state index contributed by atoms with van der Waals surface area (Å²) < 4.78 is 18.3. The first-order valence-electron chi connectivity index (χ1n) is 8.41. The Hall–Kier alpha value is -2.05. The molecule has 0 aliphatic heterocycles. The molecule has 140 valence electrons. The largest absolute Gasteiger partial charge is 0.497 e. The lowest BCUT2D eigenvalue weighted by atomic mass is 10.1. The molecule has 0 radical (unpaired) electrons. The fraction of sp³-hybridized carbons (Fsp3) is 0.350. The lowest BCUT2D eigenvalue weighted by Crippen LogP contribution is -2.38. The van der Waals surface area contributed by atoms with Crippen molar-refractivity contribution >= 4 is 17.7 Å². The first kappa shape index (κ1) is 20.3. The normalized spacial score (nSPS) is 13.3. The van der Waals surface area contributed by atoms with E-state index in [1.807, 2.05) is 50.2 Å². The molecule has 0 bridgehead atoms. The second-order valence-electron chi connectivity index (χ2n) is 6.21. The molecule has 0 aliphatic carbocycles. The van der Waals surface area contributed by atoms with Crippen molar-refractivity contribution in [3.63, 3.8) is 0 Å². The first-order chi connectivity index (χ1) is 12.4. The molecule has 0 aliphatic rings. The number of thioether (sulfide) groups is 1. The Morgan fingerprint density at radius 3 is 2.31 bits per heavy atom. The van der Waals surface area contributed by atoms with Crippen molar-refractivity contribution in [2.24, 2.45) is 0 Å². The van der Waals surface area contributed by atoms with Gasteiger partial charge in [-0.3, -0.25) is 4.79 Å². The third kappa shape index (κ3) is 5.75. The zero-order chi connectivity index (χ0) is 19.1. The lowest BCUT2D eigenvalue weighted by Gasteiger charge is -2.25. The Morgan fingerprint density at radius 1 is 1.15 bits per heavy atom. The van der Waals surface area contributed by atoms with Crippen LogP contribution >= 0.6 is 11.8 Å². The zero-order valence-corrected chi connectivity index (χ0v) is 16.3. The highest BCUT2D eigenvalue weighted by Crippen LogP contribution is 2.25. The third-order valence-corrected chi connectivity index (χ3v) is 5.20. The Labute approximate surface area is 158 Å². The van der Waals surface area contributed by atoms with Crippen molar-refractivity contribution in [2.45, 2.75) is 23.1 Å². The Morgan fingerprint density at radius 2 is 1.77 bits per heavy atom. The Balaban J connectivity index is 1.92. The molecular formula is C20H25FN2O2S. The van der Waals surface area contributed by atoms with Gasteiger partial charge >= 0.3 is 0 Å². The highest BCUT2D eigenvalue weighted by molar-refractivity contribution is 8.00. The molecule has 0 saturated heterocycles. The van der Waals surface area contributed by atoms with Crippen molar-refractivity contribution in [1.29, 1.82) is 0 Å². The molecule has 26 heavy (non-hydrogen) atoms. The molecular weight excluding hydrogens is 351 g/mol. The molecule has 0 spiro atoms. The fourth-order valence-electron chi connectivity index (χ4n) is 2.54. The van der Waals surface area contributed by atoms with Crippen molar-refractivity contribution in [3.05, 3.63) is 59.9 Å². The van der Waals surface area contributed by atoms with Gasteiger partial charge in [0, 0.05) is 11.4 Å². The SMILES string of the molecule is COc1ccc(SC(C)C(=O)NCC(c2ccc(F)cc2)N(C)C)cc1. The molecule has 4 nitrogen and oxygen atoms in total. The summed E-state index contributed by atoms with van der Waals surface area (Å²) >= 11 is 1.50. The van der Waals surface area contributed by atoms with Crippen LogP contribution in [0.3, 0.4) is 0 Å². The van der Waals surface area contributed by atoms with Gasteiger partial charge in [-0.15, -0.1) is 11.8 Å². The fourth-order valence-corrected chi connectivity index (χ4v) is 3.43. The maximum atomic E-state index is 13.1. The van der Waals surface area contributed by atoms with E-state index in [1.165, 1.54) is 23.9 Å². The van der Waals surface area contributed by atoms with Crippen LogP contribution in [0.1, 0.15) is 18.5 Å². The van der Waals surface area contributed by atoms with Crippen LogP contribution in [0.4, 0.5) is 4.39 Å². The van der Waals surface area contributed by atoms with Crippen LogP contribution in [-0.2, 0) is 4.79 Å². The number of halogens is 1. The quantitative estimate of drug-likeness (QED) is 0.713. The van der Waals surface area contributed by atoms with Gasteiger partial charge in [-0.2, -0.15) is 0 Å². The lowest BCUT2D eigenvalue weighted by molar-refractivity contribution is -0.120. The Bertz CT molecular complexity index is 705. The summed E-state index contributed by atoms with van der Waals surface area (Å²) in [4.78, 5) is 15.5. The summed E-state index contributed by atoms with van der Waals surface area (Å²) in [7, 11) is 5.51. The molecule has 2 atom stereocenters. The van der Waals surface area contributed by atoms with Crippen LogP contribution < -0.4 is 10.1 Å². The average molecular weight is 376 g/mol. The molecule has 1 N–H and O–H groups in total. The van der Waals surface area contributed by atoms with Crippen LogP contribution in [-0.4, -0.2) is 43.8 Å². The number of hydrogen-bond acceptors (Lipinski definition) is 4. The number of benzene rings is 2. The highest BCUT2D eigenvalue weighted by atomic mass is 32.2. The third-order valence-electron chi connectivity index (χ3n) is 4.09. The number of ether oxygens (including phenoxy) is 1. The number of carbonyl (C=O) groups is 1. The number of carbonyl (C=O) groups excluding carboxylic acids is 1. The van der Waals surface area contributed by atoms with E-state index in [-0.39, 0.29) is 23.0 Å². The van der Waals surface area contributed by atoms with E-state index in [1.54, 1.807) is 19.2 Å². The predicted octanol–water partition coefficient (Wildman–Crippen LogP) is 3.73. The van der Waals surface area contributed by atoms with Gasteiger partial charge in [0.1, 0.15) is 11.6 Å². The van der Waals surface area contributed by atoms with Crippen LogP contribution in [0.15, 0.2) is 53.4 Å². The van der Waals surface area contributed by atoms with Gasteiger partial charge in [0.25, 0.3) is 0 Å². The van der Waals surface area contributed by atoms with E-state index >= 15 is 0 Å². The summed E-state index contributed by atoms with van der Waals surface area (Å²) in [5, 5.41) is 2.78. The maximum absolute atomic E-state index is 13.1. The van der Waals surface area contributed by atoms with Gasteiger partial charge in [-0.05, 0) is 63.0 Å². The van der Waals surface area contributed by atoms with Crippen molar-refractivity contribution < 1.29 is 13.9 Å². The van der Waals surface area contributed by atoms with E-state index in [9.17, 15) is 9.18 Å². The predicted molar refractivity (Wildman–Crippen MR) is 104 cm³/mol. The Kier molecular flexibility index (Phi) is 7.48. The summed E-state index contributed by atoms with van der Waals surface area (Å²) in [6.07, 6.45) is 0. The maximum Gasteiger partial charge on any atom is 0.233 e. The molecule has 1 amide bonds. The van der Waals surface area contributed by atoms with Crippen LogP contribution in [0.2, 0.25) is 0 Å². The van der Waals surface area contributed by atoms with E-state index < -0.39 is 0 Å². The molecule has 0 heterocycles. The number of rotatable bonds is 8.